The van der Waals surface area contributed by atoms with E-state index in [9.17, 15) is 9.18 Å². The molecule has 0 spiro atoms. The van der Waals surface area contributed by atoms with E-state index in [4.69, 9.17) is 16.2 Å². The molecular weight excluding hydrogens is 247 g/mol. The first-order valence-electron chi connectivity index (χ1n) is 5.63. The Morgan fingerprint density at radius 2 is 1.95 bits per heavy atom. The topological polar surface area (TPSA) is 78.3 Å². The molecule has 2 aromatic rings. The molecule has 4 N–H and O–H groups in total. The third kappa shape index (κ3) is 3.01. The van der Waals surface area contributed by atoms with Gasteiger partial charge in [-0.3, -0.25) is 4.79 Å². The predicted molar refractivity (Wildman–Crippen MR) is 70.1 cm³/mol. The van der Waals surface area contributed by atoms with E-state index in [0.717, 1.165) is 0 Å². The summed E-state index contributed by atoms with van der Waals surface area (Å²) in [5, 5.41) is 0. The second-order valence-corrected chi connectivity index (χ2v) is 3.99. The summed E-state index contributed by atoms with van der Waals surface area (Å²) in [5.41, 5.74) is 12.1. The van der Waals surface area contributed by atoms with E-state index in [0.29, 0.717) is 16.9 Å². The van der Waals surface area contributed by atoms with Gasteiger partial charge in [0, 0.05) is 17.2 Å². The Hall–Kier alpha value is -2.56. The molecule has 1 amide bonds. The lowest BCUT2D eigenvalue weighted by molar-refractivity contribution is 0.0998. The second kappa shape index (κ2) is 5.39. The van der Waals surface area contributed by atoms with Gasteiger partial charge in [-0.25, -0.2) is 4.39 Å². The van der Waals surface area contributed by atoms with Gasteiger partial charge < -0.3 is 16.2 Å². The van der Waals surface area contributed by atoms with E-state index < -0.39 is 11.7 Å². The van der Waals surface area contributed by atoms with Gasteiger partial charge in [0.2, 0.25) is 5.91 Å². The van der Waals surface area contributed by atoms with Gasteiger partial charge in [-0.05, 0) is 18.2 Å². The summed E-state index contributed by atoms with van der Waals surface area (Å²) >= 11 is 0. The third-order valence-electron chi connectivity index (χ3n) is 2.64. The molecule has 0 aliphatic carbocycles. The Labute approximate surface area is 109 Å². The van der Waals surface area contributed by atoms with Gasteiger partial charge in [0.15, 0.2) is 0 Å². The molecule has 0 fully saturated rings. The van der Waals surface area contributed by atoms with Crippen molar-refractivity contribution < 1.29 is 13.9 Å². The average molecular weight is 260 g/mol. The minimum absolute atomic E-state index is 0.134. The van der Waals surface area contributed by atoms with Crippen LogP contribution in [0.25, 0.3) is 0 Å². The fourth-order valence-electron chi connectivity index (χ4n) is 1.69. The molecule has 0 aliphatic heterocycles. The van der Waals surface area contributed by atoms with Crippen LogP contribution in [0.2, 0.25) is 0 Å². The zero-order valence-electron chi connectivity index (χ0n) is 10.1. The first-order chi connectivity index (χ1) is 9.08. The van der Waals surface area contributed by atoms with Crippen LogP contribution < -0.4 is 16.2 Å². The molecule has 0 saturated heterocycles. The summed E-state index contributed by atoms with van der Waals surface area (Å²) in [6.45, 7) is 0.134. The first kappa shape index (κ1) is 12.9. The summed E-state index contributed by atoms with van der Waals surface area (Å²) in [7, 11) is 0. The van der Waals surface area contributed by atoms with E-state index in [2.05, 4.69) is 0 Å². The number of hydrogen-bond acceptors (Lipinski definition) is 3. The highest BCUT2D eigenvalue weighted by Gasteiger charge is 2.08. The first-order valence-corrected chi connectivity index (χ1v) is 5.63. The standard InChI is InChI=1S/C14H13FN2O2/c15-10-5-6-13(12(16)7-10)19-8-9-3-1-2-4-11(9)14(17)18/h1-7H,8,16H2,(H2,17,18). The molecule has 4 nitrogen and oxygen atoms in total. The highest BCUT2D eigenvalue weighted by Crippen LogP contribution is 2.23. The number of halogens is 1. The number of hydrogen-bond donors (Lipinski definition) is 2. The van der Waals surface area contributed by atoms with Crippen LogP contribution in [0.15, 0.2) is 42.5 Å². The van der Waals surface area contributed by atoms with Crippen LogP contribution in [0.4, 0.5) is 10.1 Å². The molecule has 0 saturated carbocycles. The van der Waals surface area contributed by atoms with E-state index in [-0.39, 0.29) is 12.3 Å². The lowest BCUT2D eigenvalue weighted by Gasteiger charge is -2.10. The number of carbonyl (C=O) groups is 1. The van der Waals surface area contributed by atoms with Crippen LogP contribution in [0.1, 0.15) is 15.9 Å². The Morgan fingerprint density at radius 1 is 1.21 bits per heavy atom. The van der Waals surface area contributed by atoms with Crippen molar-refractivity contribution in [3.63, 3.8) is 0 Å². The average Bonchev–Trinajstić information content (AvgIpc) is 2.38. The molecular formula is C14H13FN2O2. The maximum absolute atomic E-state index is 12.9. The lowest BCUT2D eigenvalue weighted by atomic mass is 10.1. The molecule has 0 heterocycles. The second-order valence-electron chi connectivity index (χ2n) is 3.99. The van der Waals surface area contributed by atoms with Crippen molar-refractivity contribution in [3.05, 3.63) is 59.4 Å². The van der Waals surface area contributed by atoms with Crippen molar-refractivity contribution in [1.29, 1.82) is 0 Å². The summed E-state index contributed by atoms with van der Waals surface area (Å²) in [4.78, 5) is 11.2. The number of amides is 1. The van der Waals surface area contributed by atoms with E-state index in [1.807, 2.05) is 0 Å². The van der Waals surface area contributed by atoms with Crippen LogP contribution in [0.5, 0.6) is 5.75 Å². The number of ether oxygens (including phenoxy) is 1. The molecule has 0 aromatic heterocycles. The number of rotatable bonds is 4. The monoisotopic (exact) mass is 260 g/mol. The summed E-state index contributed by atoms with van der Waals surface area (Å²) in [5.74, 6) is -0.589. The van der Waals surface area contributed by atoms with Crippen LogP contribution in [0, 0.1) is 5.82 Å². The summed E-state index contributed by atoms with van der Waals surface area (Å²) in [6.07, 6.45) is 0. The molecule has 2 rings (SSSR count). The van der Waals surface area contributed by atoms with Gasteiger partial charge in [-0.1, -0.05) is 18.2 Å². The number of benzene rings is 2. The quantitative estimate of drug-likeness (QED) is 0.826. The largest absolute Gasteiger partial charge is 0.487 e. The molecule has 0 bridgehead atoms. The SMILES string of the molecule is NC(=O)c1ccccc1COc1ccc(F)cc1N. The van der Waals surface area contributed by atoms with Crippen LogP contribution in [0.3, 0.4) is 0 Å². The molecule has 0 radical (unpaired) electrons. The van der Waals surface area contributed by atoms with Crippen molar-refractivity contribution in [2.24, 2.45) is 5.73 Å². The Balaban J connectivity index is 2.17. The van der Waals surface area contributed by atoms with Crippen LogP contribution >= 0.6 is 0 Å². The molecule has 5 heteroatoms. The normalized spacial score (nSPS) is 10.2. The number of anilines is 1. The molecule has 19 heavy (non-hydrogen) atoms. The van der Waals surface area contributed by atoms with Crippen molar-refractivity contribution in [3.8, 4) is 5.75 Å². The smallest absolute Gasteiger partial charge is 0.249 e. The minimum Gasteiger partial charge on any atom is -0.487 e. The Morgan fingerprint density at radius 3 is 2.63 bits per heavy atom. The molecule has 98 valence electrons. The highest BCUT2D eigenvalue weighted by molar-refractivity contribution is 5.94. The summed E-state index contributed by atoms with van der Waals surface area (Å²) < 4.78 is 18.4. The maximum atomic E-state index is 12.9. The van der Waals surface area contributed by atoms with Crippen molar-refractivity contribution in [2.45, 2.75) is 6.61 Å². The lowest BCUT2D eigenvalue weighted by Crippen LogP contribution is -2.14. The number of nitrogens with two attached hydrogens (primary N) is 2. The van der Waals surface area contributed by atoms with Gasteiger partial charge in [0.05, 0.1) is 5.69 Å². The van der Waals surface area contributed by atoms with E-state index in [1.165, 1.54) is 18.2 Å². The zero-order valence-corrected chi connectivity index (χ0v) is 10.1. The van der Waals surface area contributed by atoms with Crippen LogP contribution in [-0.4, -0.2) is 5.91 Å². The fraction of sp³-hybridized carbons (Fsp3) is 0.0714. The van der Waals surface area contributed by atoms with E-state index in [1.54, 1.807) is 24.3 Å². The van der Waals surface area contributed by atoms with Crippen molar-refractivity contribution in [2.75, 3.05) is 5.73 Å². The number of carbonyl (C=O) groups excluding carboxylic acids is 1. The predicted octanol–water partition coefficient (Wildman–Crippen LogP) is 2.09. The van der Waals surface area contributed by atoms with Gasteiger partial charge in [0.25, 0.3) is 0 Å². The number of nitrogen functional groups attached to an aromatic ring is 1. The molecule has 0 unspecified atom stereocenters. The maximum Gasteiger partial charge on any atom is 0.249 e. The number of primary amides is 1. The van der Waals surface area contributed by atoms with Crippen molar-refractivity contribution in [1.82, 2.24) is 0 Å². The third-order valence-corrected chi connectivity index (χ3v) is 2.64. The van der Waals surface area contributed by atoms with Gasteiger partial charge in [-0.2, -0.15) is 0 Å². The molecule has 0 atom stereocenters. The van der Waals surface area contributed by atoms with Gasteiger partial charge in [-0.15, -0.1) is 0 Å². The highest BCUT2D eigenvalue weighted by atomic mass is 19.1. The molecule has 0 aliphatic rings. The Bertz CT molecular complexity index is 614. The Kier molecular flexibility index (Phi) is 3.66. The van der Waals surface area contributed by atoms with E-state index >= 15 is 0 Å². The summed E-state index contributed by atoms with van der Waals surface area (Å²) in [6, 6.07) is 10.7. The van der Waals surface area contributed by atoms with Gasteiger partial charge in [0.1, 0.15) is 18.2 Å². The van der Waals surface area contributed by atoms with Gasteiger partial charge >= 0.3 is 0 Å². The minimum atomic E-state index is -0.522. The zero-order chi connectivity index (χ0) is 13.8. The fourth-order valence-corrected chi connectivity index (χ4v) is 1.69. The molecule has 2 aromatic carbocycles. The van der Waals surface area contributed by atoms with Crippen molar-refractivity contribution >= 4 is 11.6 Å². The van der Waals surface area contributed by atoms with Crippen LogP contribution in [-0.2, 0) is 6.61 Å².